The zero-order chi connectivity index (χ0) is 12.1. The maximum atomic E-state index is 3.47. The van der Waals surface area contributed by atoms with Crippen LogP contribution in [0.2, 0.25) is 0 Å². The van der Waals surface area contributed by atoms with Gasteiger partial charge in [-0.15, -0.1) is 0 Å². The second-order valence-corrected chi connectivity index (χ2v) is 6.12. The summed E-state index contributed by atoms with van der Waals surface area (Å²) in [5.74, 6) is 0. The Balaban J connectivity index is 1.84. The van der Waals surface area contributed by atoms with Crippen LogP contribution in [0.15, 0.2) is 0 Å². The lowest BCUT2D eigenvalue weighted by Crippen LogP contribution is -2.44. The van der Waals surface area contributed by atoms with Gasteiger partial charge in [0.2, 0.25) is 0 Å². The van der Waals surface area contributed by atoms with E-state index in [0.717, 1.165) is 12.1 Å². The number of alkyl halides is 1. The summed E-state index contributed by atoms with van der Waals surface area (Å²) in [6.45, 7) is 5.16. The Labute approximate surface area is 119 Å². The molecule has 1 N–H and O–H groups in total. The molecule has 2 rings (SSSR count). The third kappa shape index (κ3) is 4.04. The van der Waals surface area contributed by atoms with Crippen molar-refractivity contribution in [3.05, 3.63) is 0 Å². The molecule has 0 bridgehead atoms. The van der Waals surface area contributed by atoms with Crippen LogP contribution in [-0.2, 0) is 0 Å². The molecular formula is C13H26IN3. The Kier molecular flexibility index (Phi) is 5.99. The first kappa shape index (κ1) is 14.0. The van der Waals surface area contributed by atoms with E-state index in [4.69, 9.17) is 0 Å². The second kappa shape index (κ2) is 7.26. The smallest absolute Gasteiger partial charge is 0.0506 e. The average molecular weight is 351 g/mol. The molecule has 2 atom stereocenters. The summed E-state index contributed by atoms with van der Waals surface area (Å²) in [6, 6.07) is 1.60. The molecule has 0 radical (unpaired) electrons. The third-order valence-corrected chi connectivity index (χ3v) is 5.33. The van der Waals surface area contributed by atoms with Gasteiger partial charge in [-0.2, -0.15) is 0 Å². The van der Waals surface area contributed by atoms with Gasteiger partial charge in [0.05, 0.1) is 4.55 Å². The van der Waals surface area contributed by atoms with Gasteiger partial charge in [-0.3, -0.25) is 9.80 Å². The fourth-order valence-electron chi connectivity index (χ4n) is 3.23. The largest absolute Gasteiger partial charge is 0.317 e. The predicted molar refractivity (Wildman–Crippen MR) is 81.8 cm³/mol. The van der Waals surface area contributed by atoms with Crippen molar-refractivity contribution in [2.24, 2.45) is 0 Å². The lowest BCUT2D eigenvalue weighted by atomic mass is 9.90. The number of nitrogens with one attached hydrogen (secondary N) is 1. The van der Waals surface area contributed by atoms with Crippen LogP contribution in [0.25, 0.3) is 0 Å². The molecule has 1 unspecified atom stereocenters. The molecule has 3 nitrogen and oxygen atoms in total. The fourth-order valence-corrected chi connectivity index (χ4v) is 3.92. The molecule has 100 valence electrons. The zero-order valence-electron chi connectivity index (χ0n) is 11.0. The minimum absolute atomic E-state index is 0.762. The van der Waals surface area contributed by atoms with Crippen molar-refractivity contribution >= 4 is 22.6 Å². The topological polar surface area (TPSA) is 18.5 Å². The molecule has 1 heterocycles. The number of rotatable bonds is 3. The van der Waals surface area contributed by atoms with Gasteiger partial charge in [0.25, 0.3) is 0 Å². The van der Waals surface area contributed by atoms with E-state index in [9.17, 15) is 0 Å². The summed E-state index contributed by atoms with van der Waals surface area (Å²) in [6.07, 6.45) is 6.91. The van der Waals surface area contributed by atoms with Gasteiger partial charge in [-0.25, -0.2) is 0 Å². The van der Waals surface area contributed by atoms with Crippen molar-refractivity contribution in [3.63, 3.8) is 0 Å². The molecule has 0 aromatic carbocycles. The Morgan fingerprint density at radius 3 is 2.76 bits per heavy atom. The Hall–Kier alpha value is 0.610. The summed E-state index contributed by atoms with van der Waals surface area (Å²) in [7, 11) is 2.12. The quantitative estimate of drug-likeness (QED) is 0.476. The normalized spacial score (nSPS) is 33.5. The number of hydrogen-bond acceptors (Lipinski definition) is 3. The van der Waals surface area contributed by atoms with E-state index in [1.54, 1.807) is 0 Å². The monoisotopic (exact) mass is 351 g/mol. The van der Waals surface area contributed by atoms with E-state index in [1.165, 1.54) is 62.8 Å². The van der Waals surface area contributed by atoms with Crippen molar-refractivity contribution in [2.75, 3.05) is 37.8 Å². The summed E-state index contributed by atoms with van der Waals surface area (Å²) in [5.41, 5.74) is 0. The van der Waals surface area contributed by atoms with Gasteiger partial charge in [0.15, 0.2) is 0 Å². The van der Waals surface area contributed by atoms with Crippen LogP contribution >= 0.6 is 22.6 Å². The second-order valence-electron chi connectivity index (χ2n) is 5.43. The molecule has 1 saturated carbocycles. The van der Waals surface area contributed by atoms with Crippen LogP contribution in [0, 0.1) is 0 Å². The summed E-state index contributed by atoms with van der Waals surface area (Å²) in [4.78, 5) is 5.34. The predicted octanol–water partition coefficient (Wildman–Crippen LogP) is 1.92. The summed E-state index contributed by atoms with van der Waals surface area (Å²) >= 11 is 2.49. The van der Waals surface area contributed by atoms with Crippen molar-refractivity contribution in [2.45, 2.75) is 44.2 Å². The number of nitrogens with zero attached hydrogens (tertiary/aromatic N) is 2. The maximum Gasteiger partial charge on any atom is 0.0506 e. The van der Waals surface area contributed by atoms with E-state index < -0.39 is 0 Å². The lowest BCUT2D eigenvalue weighted by molar-refractivity contribution is 0.146. The van der Waals surface area contributed by atoms with Crippen LogP contribution in [0.3, 0.4) is 0 Å². The third-order valence-electron chi connectivity index (χ3n) is 4.36. The Morgan fingerprint density at radius 1 is 1.12 bits per heavy atom. The highest BCUT2D eigenvalue weighted by Gasteiger charge is 2.27. The fraction of sp³-hybridized carbons (Fsp3) is 1.00. The highest BCUT2D eigenvalue weighted by Crippen LogP contribution is 2.24. The van der Waals surface area contributed by atoms with Crippen molar-refractivity contribution in [1.82, 2.24) is 15.1 Å². The van der Waals surface area contributed by atoms with Crippen molar-refractivity contribution < 1.29 is 0 Å². The van der Waals surface area contributed by atoms with Gasteiger partial charge in [-0.05, 0) is 39.3 Å². The number of hydrogen-bond donors (Lipinski definition) is 1. The summed E-state index contributed by atoms with van der Waals surface area (Å²) < 4.78 is 1.19. The molecular weight excluding hydrogens is 325 g/mol. The molecule has 17 heavy (non-hydrogen) atoms. The molecule has 1 aliphatic carbocycles. The molecule has 0 aromatic heterocycles. The lowest BCUT2D eigenvalue weighted by Gasteiger charge is -2.37. The zero-order valence-corrected chi connectivity index (χ0v) is 13.2. The standard InChI is InChI=1S/C13H26IN3/c1-15-12-4-2-5-13(10-12)17-7-3-6-16(11-14)8-9-17/h12-13,15H,2-11H2,1H3/t12?,13-/m1/s1. The van der Waals surface area contributed by atoms with Gasteiger partial charge in [0, 0.05) is 31.7 Å². The Morgan fingerprint density at radius 2 is 2.00 bits per heavy atom. The van der Waals surface area contributed by atoms with Gasteiger partial charge >= 0.3 is 0 Å². The molecule has 0 amide bonds. The maximum absolute atomic E-state index is 3.47. The highest BCUT2D eigenvalue weighted by molar-refractivity contribution is 14.1. The molecule has 1 aliphatic heterocycles. The first-order valence-electron chi connectivity index (χ1n) is 7.03. The van der Waals surface area contributed by atoms with E-state index in [1.807, 2.05) is 0 Å². The van der Waals surface area contributed by atoms with E-state index in [-0.39, 0.29) is 0 Å². The van der Waals surface area contributed by atoms with Crippen LogP contribution < -0.4 is 5.32 Å². The first-order chi connectivity index (χ1) is 8.33. The molecule has 0 aromatic rings. The molecule has 4 heteroatoms. The highest BCUT2D eigenvalue weighted by atomic mass is 127. The van der Waals surface area contributed by atoms with E-state index >= 15 is 0 Å². The summed E-state index contributed by atoms with van der Waals surface area (Å²) in [5, 5.41) is 3.47. The van der Waals surface area contributed by atoms with E-state index in [0.29, 0.717) is 0 Å². The molecule has 2 fully saturated rings. The van der Waals surface area contributed by atoms with Gasteiger partial charge in [0.1, 0.15) is 0 Å². The molecule has 0 spiro atoms. The molecule has 2 aliphatic rings. The minimum atomic E-state index is 0.762. The SMILES string of the molecule is CNC1CCC[C@@H](N2CCCN(CI)CC2)C1. The van der Waals surface area contributed by atoms with Gasteiger partial charge < -0.3 is 5.32 Å². The van der Waals surface area contributed by atoms with Gasteiger partial charge in [-0.1, -0.05) is 29.0 Å². The molecule has 1 saturated heterocycles. The minimum Gasteiger partial charge on any atom is -0.317 e. The van der Waals surface area contributed by atoms with Crippen molar-refractivity contribution in [3.8, 4) is 0 Å². The van der Waals surface area contributed by atoms with Crippen LogP contribution in [-0.4, -0.2) is 59.7 Å². The average Bonchev–Trinajstić information content (AvgIpc) is 2.64. The first-order valence-corrected chi connectivity index (χ1v) is 8.55. The number of halogens is 1. The Bertz CT molecular complexity index is 225. The van der Waals surface area contributed by atoms with Crippen LogP contribution in [0.5, 0.6) is 0 Å². The van der Waals surface area contributed by atoms with Crippen molar-refractivity contribution in [1.29, 1.82) is 0 Å². The van der Waals surface area contributed by atoms with E-state index in [2.05, 4.69) is 44.8 Å². The van der Waals surface area contributed by atoms with Crippen LogP contribution in [0.4, 0.5) is 0 Å². The van der Waals surface area contributed by atoms with Crippen LogP contribution in [0.1, 0.15) is 32.1 Å².